The highest BCUT2D eigenvalue weighted by atomic mass is 32.2. The smallest absolute Gasteiger partial charge is 0.172 e. The number of hydrogen-bond acceptors (Lipinski definition) is 4. The van der Waals surface area contributed by atoms with E-state index in [4.69, 9.17) is 0 Å². The normalized spacial score (nSPS) is 11.4. The van der Waals surface area contributed by atoms with E-state index in [-0.39, 0.29) is 5.54 Å². The molecular formula is C16H20N4S. The lowest BCUT2D eigenvalue weighted by atomic mass is 10.1. The maximum absolute atomic E-state index is 9.36. The minimum atomic E-state index is 0.0627. The molecule has 2 rings (SSSR count). The van der Waals surface area contributed by atoms with Crippen molar-refractivity contribution in [3.8, 4) is 6.07 Å². The monoisotopic (exact) mass is 300 g/mol. The third kappa shape index (κ3) is 4.35. The van der Waals surface area contributed by atoms with Gasteiger partial charge in [0.25, 0.3) is 0 Å². The fourth-order valence-electron chi connectivity index (χ4n) is 1.78. The van der Waals surface area contributed by atoms with E-state index in [1.54, 1.807) is 6.20 Å². The Labute approximate surface area is 130 Å². The van der Waals surface area contributed by atoms with E-state index >= 15 is 0 Å². The van der Waals surface area contributed by atoms with Crippen LogP contribution in [0.25, 0.3) is 0 Å². The van der Waals surface area contributed by atoms with Gasteiger partial charge in [-0.15, -0.1) is 0 Å². The van der Waals surface area contributed by atoms with Crippen LogP contribution in [0.2, 0.25) is 0 Å². The molecule has 0 atom stereocenters. The van der Waals surface area contributed by atoms with Crippen LogP contribution in [0.3, 0.4) is 0 Å². The summed E-state index contributed by atoms with van der Waals surface area (Å²) in [6.07, 6.45) is 3.66. The largest absolute Gasteiger partial charge is 0.329 e. The third-order valence-electron chi connectivity index (χ3n) is 2.97. The zero-order valence-electron chi connectivity index (χ0n) is 12.8. The summed E-state index contributed by atoms with van der Waals surface area (Å²) in [4.78, 5) is 5.22. The first-order valence-corrected chi connectivity index (χ1v) is 7.64. The molecule has 0 bridgehead atoms. The fourth-order valence-corrected chi connectivity index (χ4v) is 2.65. The predicted octanol–water partition coefficient (Wildman–Crippen LogP) is 3.33. The van der Waals surface area contributed by atoms with Crippen molar-refractivity contribution in [1.29, 1.82) is 5.26 Å². The van der Waals surface area contributed by atoms with Gasteiger partial charge in [0.1, 0.15) is 6.07 Å². The van der Waals surface area contributed by atoms with Crippen LogP contribution in [0.1, 0.15) is 31.9 Å². The van der Waals surface area contributed by atoms with E-state index < -0.39 is 0 Å². The van der Waals surface area contributed by atoms with Gasteiger partial charge in [0.05, 0.1) is 5.56 Å². The Morgan fingerprint density at radius 3 is 2.71 bits per heavy atom. The Morgan fingerprint density at radius 1 is 1.38 bits per heavy atom. The molecule has 0 radical (unpaired) electrons. The number of rotatable bonds is 4. The number of nitrogens with zero attached hydrogens (tertiary/aromatic N) is 3. The molecule has 0 aliphatic rings. The second kappa shape index (κ2) is 6.33. The number of benzene rings is 1. The number of aromatic nitrogens is 2. The first kappa shape index (κ1) is 15.6. The van der Waals surface area contributed by atoms with Gasteiger partial charge in [0.2, 0.25) is 0 Å². The Kier molecular flexibility index (Phi) is 4.71. The van der Waals surface area contributed by atoms with Crippen LogP contribution in [-0.4, -0.2) is 15.1 Å². The van der Waals surface area contributed by atoms with Gasteiger partial charge in [0.15, 0.2) is 5.16 Å². The second-order valence-corrected chi connectivity index (χ2v) is 6.98. The van der Waals surface area contributed by atoms with Crippen LogP contribution in [-0.2, 0) is 13.6 Å². The maximum atomic E-state index is 9.36. The van der Waals surface area contributed by atoms with E-state index in [1.165, 1.54) is 11.8 Å². The van der Waals surface area contributed by atoms with E-state index in [0.29, 0.717) is 5.56 Å². The van der Waals surface area contributed by atoms with Gasteiger partial charge in [0, 0.05) is 36.4 Å². The van der Waals surface area contributed by atoms with Crippen molar-refractivity contribution in [2.45, 2.75) is 42.9 Å². The lowest BCUT2D eigenvalue weighted by Gasteiger charge is -2.20. The average molecular weight is 300 g/mol. The van der Waals surface area contributed by atoms with Crippen molar-refractivity contribution >= 4 is 11.8 Å². The molecule has 4 nitrogen and oxygen atoms in total. The fraction of sp³-hybridized carbons (Fsp3) is 0.375. The highest BCUT2D eigenvalue weighted by Gasteiger charge is 2.11. The predicted molar refractivity (Wildman–Crippen MR) is 85.1 cm³/mol. The second-order valence-electron chi connectivity index (χ2n) is 5.97. The lowest BCUT2D eigenvalue weighted by molar-refractivity contribution is 0.424. The summed E-state index contributed by atoms with van der Waals surface area (Å²) in [7, 11) is 1.95. The zero-order chi connectivity index (χ0) is 15.5. The van der Waals surface area contributed by atoms with Crippen LogP contribution >= 0.6 is 11.8 Å². The summed E-state index contributed by atoms with van der Waals surface area (Å²) in [5, 5.41) is 13.7. The Hall–Kier alpha value is -1.77. The first-order valence-electron chi connectivity index (χ1n) is 6.82. The molecule has 1 N–H and O–H groups in total. The van der Waals surface area contributed by atoms with Crippen molar-refractivity contribution in [3.05, 3.63) is 41.7 Å². The summed E-state index contributed by atoms with van der Waals surface area (Å²) >= 11 is 1.51. The number of nitrogens with one attached hydrogen (secondary N) is 1. The van der Waals surface area contributed by atoms with E-state index in [1.807, 2.05) is 29.9 Å². The van der Waals surface area contributed by atoms with Crippen LogP contribution in [0.15, 0.2) is 40.6 Å². The molecule has 0 saturated carbocycles. The summed E-state index contributed by atoms with van der Waals surface area (Å²) in [5.74, 6) is 0. The van der Waals surface area contributed by atoms with Crippen molar-refractivity contribution in [2.24, 2.45) is 7.05 Å². The van der Waals surface area contributed by atoms with Crippen LogP contribution < -0.4 is 5.32 Å². The minimum Gasteiger partial charge on any atom is -0.329 e. The van der Waals surface area contributed by atoms with Crippen LogP contribution in [0.5, 0.6) is 0 Å². The molecule has 0 fully saturated rings. The maximum Gasteiger partial charge on any atom is 0.172 e. The molecule has 110 valence electrons. The molecule has 1 aromatic carbocycles. The van der Waals surface area contributed by atoms with Crippen LogP contribution in [0, 0.1) is 11.3 Å². The number of hydrogen-bond donors (Lipinski definition) is 1. The Balaban J connectivity index is 2.17. The minimum absolute atomic E-state index is 0.0627. The summed E-state index contributed by atoms with van der Waals surface area (Å²) < 4.78 is 1.95. The van der Waals surface area contributed by atoms with E-state index in [0.717, 1.165) is 22.2 Å². The van der Waals surface area contributed by atoms with Gasteiger partial charge in [-0.05, 0) is 38.5 Å². The molecule has 0 amide bonds. The summed E-state index contributed by atoms with van der Waals surface area (Å²) in [6, 6.07) is 8.29. The van der Waals surface area contributed by atoms with E-state index in [2.05, 4.69) is 43.2 Å². The average Bonchev–Trinajstić information content (AvgIpc) is 2.82. The van der Waals surface area contributed by atoms with Crippen molar-refractivity contribution in [1.82, 2.24) is 14.9 Å². The molecule has 2 aromatic rings. The van der Waals surface area contributed by atoms with Crippen LogP contribution in [0.4, 0.5) is 0 Å². The van der Waals surface area contributed by atoms with Gasteiger partial charge < -0.3 is 9.88 Å². The molecule has 0 saturated heterocycles. The standard InChI is InChI=1S/C16H20N4S/c1-16(2,3)19-11-12-5-6-14(13(9-12)10-17)21-15-18-7-8-20(15)4/h5-9,19H,11H2,1-4H3. The molecule has 21 heavy (non-hydrogen) atoms. The number of nitriles is 1. The first-order chi connectivity index (χ1) is 9.89. The van der Waals surface area contributed by atoms with Gasteiger partial charge in [-0.1, -0.05) is 17.8 Å². The van der Waals surface area contributed by atoms with Gasteiger partial charge >= 0.3 is 0 Å². The highest BCUT2D eigenvalue weighted by Crippen LogP contribution is 2.29. The van der Waals surface area contributed by atoms with Gasteiger partial charge in [-0.25, -0.2) is 4.98 Å². The molecule has 0 spiro atoms. The SMILES string of the molecule is Cn1ccnc1Sc1ccc(CNC(C)(C)C)cc1C#N. The summed E-state index contributed by atoms with van der Waals surface area (Å²) in [6.45, 7) is 7.14. The highest BCUT2D eigenvalue weighted by molar-refractivity contribution is 7.99. The molecule has 0 unspecified atom stereocenters. The van der Waals surface area contributed by atoms with Crippen molar-refractivity contribution in [2.75, 3.05) is 0 Å². The molecule has 5 heteroatoms. The lowest BCUT2D eigenvalue weighted by Crippen LogP contribution is -2.35. The molecular weight excluding hydrogens is 280 g/mol. The van der Waals surface area contributed by atoms with Gasteiger partial charge in [-0.2, -0.15) is 5.26 Å². The Bertz CT molecular complexity index is 662. The number of aryl methyl sites for hydroxylation is 1. The molecule has 1 aromatic heterocycles. The van der Waals surface area contributed by atoms with Gasteiger partial charge in [-0.3, -0.25) is 0 Å². The molecule has 0 aliphatic carbocycles. The van der Waals surface area contributed by atoms with E-state index in [9.17, 15) is 5.26 Å². The van der Waals surface area contributed by atoms with Crippen molar-refractivity contribution < 1.29 is 0 Å². The quantitative estimate of drug-likeness (QED) is 0.941. The van der Waals surface area contributed by atoms with Crippen molar-refractivity contribution in [3.63, 3.8) is 0 Å². The topological polar surface area (TPSA) is 53.6 Å². The molecule has 0 aliphatic heterocycles. The summed E-state index contributed by atoms with van der Waals surface area (Å²) in [5.41, 5.74) is 1.87. The molecule has 1 heterocycles. The number of imidazole rings is 1. The Morgan fingerprint density at radius 2 is 2.14 bits per heavy atom. The third-order valence-corrected chi connectivity index (χ3v) is 4.12. The zero-order valence-corrected chi connectivity index (χ0v) is 13.7.